The maximum Gasteiger partial charge on any atom is 0.265 e. The Morgan fingerprint density at radius 3 is 2.54 bits per heavy atom. The highest BCUT2D eigenvalue weighted by atomic mass is 32.1. The fourth-order valence-corrected chi connectivity index (χ4v) is 3.55. The molecule has 0 spiro atoms. The standard InChI is InChI=1S/C18H17NO4S/c1-22-14-7-8-15(23-2)17-12(14)9-16(24-17)18(21)19-13-6-4-3-5-11(13)10-20/h3-9,20H,10H2,1-2H3,(H,19,21). The van der Waals surface area contributed by atoms with Crippen LogP contribution in [0.25, 0.3) is 10.1 Å². The smallest absolute Gasteiger partial charge is 0.265 e. The number of aliphatic hydroxyl groups is 1. The van der Waals surface area contributed by atoms with Crippen LogP contribution in [-0.2, 0) is 6.61 Å². The van der Waals surface area contributed by atoms with E-state index in [0.29, 0.717) is 27.6 Å². The summed E-state index contributed by atoms with van der Waals surface area (Å²) in [6.45, 7) is -0.134. The summed E-state index contributed by atoms with van der Waals surface area (Å²) >= 11 is 1.34. The predicted octanol–water partition coefficient (Wildman–Crippen LogP) is 3.66. The Labute approximate surface area is 143 Å². The minimum absolute atomic E-state index is 0.134. The number of benzene rings is 2. The topological polar surface area (TPSA) is 67.8 Å². The molecule has 0 bridgehead atoms. The molecule has 5 nitrogen and oxygen atoms in total. The van der Waals surface area contributed by atoms with Crippen LogP contribution in [0.4, 0.5) is 5.69 Å². The van der Waals surface area contributed by atoms with Gasteiger partial charge in [0.15, 0.2) is 0 Å². The van der Waals surface area contributed by atoms with E-state index in [9.17, 15) is 9.90 Å². The molecule has 2 aromatic carbocycles. The monoisotopic (exact) mass is 343 g/mol. The van der Waals surface area contributed by atoms with Gasteiger partial charge in [-0.15, -0.1) is 11.3 Å². The Morgan fingerprint density at radius 1 is 1.12 bits per heavy atom. The van der Waals surface area contributed by atoms with Crippen molar-refractivity contribution in [2.75, 3.05) is 19.5 Å². The molecule has 1 aromatic heterocycles. The third-order valence-corrected chi connectivity index (χ3v) is 4.86. The molecule has 0 unspecified atom stereocenters. The highest BCUT2D eigenvalue weighted by molar-refractivity contribution is 7.21. The van der Waals surface area contributed by atoms with Gasteiger partial charge in [0.25, 0.3) is 5.91 Å². The summed E-state index contributed by atoms with van der Waals surface area (Å²) in [6.07, 6.45) is 0. The highest BCUT2D eigenvalue weighted by Gasteiger charge is 2.17. The Bertz CT molecular complexity index is 847. The van der Waals surface area contributed by atoms with Gasteiger partial charge in [0, 0.05) is 16.6 Å². The minimum atomic E-state index is -0.235. The van der Waals surface area contributed by atoms with Crippen molar-refractivity contribution < 1.29 is 19.4 Å². The van der Waals surface area contributed by atoms with Crippen LogP contribution in [0.5, 0.6) is 11.5 Å². The first-order chi connectivity index (χ1) is 11.7. The summed E-state index contributed by atoms with van der Waals surface area (Å²) < 4.78 is 11.6. The maximum atomic E-state index is 12.6. The number of hydrogen-bond donors (Lipinski definition) is 2. The number of methoxy groups -OCH3 is 2. The molecule has 0 atom stereocenters. The molecule has 6 heteroatoms. The molecular formula is C18H17NO4S. The third kappa shape index (κ3) is 2.93. The van der Waals surface area contributed by atoms with Crippen molar-refractivity contribution in [1.29, 1.82) is 0 Å². The zero-order chi connectivity index (χ0) is 17.1. The van der Waals surface area contributed by atoms with Crippen LogP contribution in [0.3, 0.4) is 0 Å². The Kier molecular flexibility index (Phi) is 4.69. The van der Waals surface area contributed by atoms with Crippen LogP contribution >= 0.6 is 11.3 Å². The lowest BCUT2D eigenvalue weighted by molar-refractivity contribution is 0.103. The number of carbonyl (C=O) groups excluding carboxylic acids is 1. The fraction of sp³-hybridized carbons (Fsp3) is 0.167. The van der Waals surface area contributed by atoms with Gasteiger partial charge in [-0.2, -0.15) is 0 Å². The van der Waals surface area contributed by atoms with Gasteiger partial charge < -0.3 is 19.9 Å². The second kappa shape index (κ2) is 6.90. The largest absolute Gasteiger partial charge is 0.496 e. The van der Waals surface area contributed by atoms with E-state index in [0.717, 1.165) is 10.1 Å². The number of aliphatic hydroxyl groups excluding tert-OH is 1. The average molecular weight is 343 g/mol. The van der Waals surface area contributed by atoms with E-state index in [2.05, 4.69) is 5.32 Å². The van der Waals surface area contributed by atoms with Crippen molar-refractivity contribution in [3.8, 4) is 11.5 Å². The van der Waals surface area contributed by atoms with E-state index >= 15 is 0 Å². The van der Waals surface area contributed by atoms with Crippen molar-refractivity contribution in [3.63, 3.8) is 0 Å². The van der Waals surface area contributed by atoms with Gasteiger partial charge in [0.05, 0.1) is 30.4 Å². The molecule has 0 aliphatic rings. The summed E-state index contributed by atoms with van der Waals surface area (Å²) in [7, 11) is 3.19. The second-order valence-electron chi connectivity index (χ2n) is 5.09. The van der Waals surface area contributed by atoms with Crippen molar-refractivity contribution in [3.05, 3.63) is 52.9 Å². The molecule has 0 saturated carbocycles. The normalized spacial score (nSPS) is 10.6. The number of anilines is 1. The van der Waals surface area contributed by atoms with Gasteiger partial charge in [-0.05, 0) is 24.3 Å². The van der Waals surface area contributed by atoms with Gasteiger partial charge in [-0.25, -0.2) is 0 Å². The summed E-state index contributed by atoms with van der Waals surface area (Å²) in [5.74, 6) is 1.16. The van der Waals surface area contributed by atoms with E-state index in [4.69, 9.17) is 9.47 Å². The summed E-state index contributed by atoms with van der Waals surface area (Å²) in [6, 6.07) is 12.6. The van der Waals surface area contributed by atoms with Crippen LogP contribution in [-0.4, -0.2) is 25.2 Å². The van der Waals surface area contributed by atoms with Crippen molar-refractivity contribution in [1.82, 2.24) is 0 Å². The lowest BCUT2D eigenvalue weighted by Crippen LogP contribution is -2.11. The van der Waals surface area contributed by atoms with Crippen LogP contribution < -0.4 is 14.8 Å². The first-order valence-corrected chi connectivity index (χ1v) is 8.14. The molecule has 3 rings (SSSR count). The van der Waals surface area contributed by atoms with Crippen LogP contribution in [0.1, 0.15) is 15.2 Å². The molecule has 1 amide bonds. The van der Waals surface area contributed by atoms with E-state index in [-0.39, 0.29) is 12.5 Å². The zero-order valence-corrected chi connectivity index (χ0v) is 14.1. The summed E-state index contributed by atoms with van der Waals surface area (Å²) in [5, 5.41) is 13.1. The number of fused-ring (bicyclic) bond motifs is 1. The van der Waals surface area contributed by atoms with Crippen molar-refractivity contribution in [2.24, 2.45) is 0 Å². The first kappa shape index (κ1) is 16.3. The number of ether oxygens (including phenoxy) is 2. The molecule has 0 radical (unpaired) electrons. The molecule has 124 valence electrons. The average Bonchev–Trinajstić information content (AvgIpc) is 3.07. The number of para-hydroxylation sites is 1. The van der Waals surface area contributed by atoms with E-state index < -0.39 is 0 Å². The molecule has 2 N–H and O–H groups in total. The molecule has 24 heavy (non-hydrogen) atoms. The summed E-state index contributed by atoms with van der Waals surface area (Å²) in [4.78, 5) is 13.1. The van der Waals surface area contributed by atoms with Crippen LogP contribution in [0.2, 0.25) is 0 Å². The molecule has 0 aliphatic carbocycles. The lowest BCUT2D eigenvalue weighted by atomic mass is 10.2. The fourth-order valence-electron chi connectivity index (χ4n) is 2.49. The number of nitrogens with one attached hydrogen (secondary N) is 1. The summed E-state index contributed by atoms with van der Waals surface area (Å²) in [5.41, 5.74) is 1.27. The molecular weight excluding hydrogens is 326 g/mol. The quantitative estimate of drug-likeness (QED) is 0.742. The van der Waals surface area contributed by atoms with Gasteiger partial charge in [-0.3, -0.25) is 4.79 Å². The van der Waals surface area contributed by atoms with E-state index in [1.54, 1.807) is 32.4 Å². The van der Waals surface area contributed by atoms with E-state index in [1.807, 2.05) is 24.3 Å². The second-order valence-corrected chi connectivity index (χ2v) is 6.15. The molecule has 0 saturated heterocycles. The SMILES string of the molecule is COc1ccc(OC)c2sc(C(=O)Nc3ccccc3CO)cc12. The molecule has 0 aliphatic heterocycles. The Morgan fingerprint density at radius 2 is 1.83 bits per heavy atom. The number of thiophene rings is 1. The van der Waals surface area contributed by atoms with Crippen molar-refractivity contribution in [2.45, 2.75) is 6.61 Å². The van der Waals surface area contributed by atoms with Gasteiger partial charge in [0.2, 0.25) is 0 Å². The van der Waals surface area contributed by atoms with E-state index in [1.165, 1.54) is 11.3 Å². The van der Waals surface area contributed by atoms with Crippen molar-refractivity contribution >= 4 is 33.0 Å². The van der Waals surface area contributed by atoms with Gasteiger partial charge in [-0.1, -0.05) is 18.2 Å². The molecule has 3 aromatic rings. The first-order valence-electron chi connectivity index (χ1n) is 7.32. The number of rotatable bonds is 5. The maximum absolute atomic E-state index is 12.6. The number of amides is 1. The number of carbonyl (C=O) groups is 1. The molecule has 0 fully saturated rings. The number of hydrogen-bond acceptors (Lipinski definition) is 5. The van der Waals surface area contributed by atoms with Gasteiger partial charge in [0.1, 0.15) is 11.5 Å². The predicted molar refractivity (Wildman–Crippen MR) is 95.2 cm³/mol. The molecule has 1 heterocycles. The Balaban J connectivity index is 1.98. The van der Waals surface area contributed by atoms with Crippen LogP contribution in [0.15, 0.2) is 42.5 Å². The Hall–Kier alpha value is -2.57. The van der Waals surface area contributed by atoms with Crippen LogP contribution in [0, 0.1) is 0 Å². The van der Waals surface area contributed by atoms with Gasteiger partial charge >= 0.3 is 0 Å². The zero-order valence-electron chi connectivity index (χ0n) is 13.3. The lowest BCUT2D eigenvalue weighted by Gasteiger charge is -2.07. The third-order valence-electron chi connectivity index (χ3n) is 3.71. The highest BCUT2D eigenvalue weighted by Crippen LogP contribution is 2.39. The minimum Gasteiger partial charge on any atom is -0.496 e.